The van der Waals surface area contributed by atoms with E-state index in [9.17, 15) is 44.1 Å². The normalized spacial score (nSPS) is 10.9. The summed E-state index contributed by atoms with van der Waals surface area (Å²) in [4.78, 5) is 96.6. The third-order valence-electron chi connectivity index (χ3n) is 9.91. The topological polar surface area (TPSA) is 270 Å². The summed E-state index contributed by atoms with van der Waals surface area (Å²) in [5.41, 5.74) is 2.50. The molecule has 0 saturated heterocycles. The van der Waals surface area contributed by atoms with Gasteiger partial charge in [0.2, 0.25) is 0 Å². The van der Waals surface area contributed by atoms with Crippen LogP contribution in [0.2, 0.25) is 0 Å². The van der Waals surface area contributed by atoms with E-state index >= 15 is 0 Å². The number of rotatable bonds is 22. The lowest BCUT2D eigenvalue weighted by molar-refractivity contribution is -0.141. The second kappa shape index (κ2) is 22.3. The molecule has 3 heterocycles. The molecular formula is C40H46IN5O13. The first-order valence-electron chi connectivity index (χ1n) is 18.2. The number of nitrogens with zero attached hydrogens (tertiary/aromatic N) is 2. The number of H-pyrrole nitrogens is 3. The summed E-state index contributed by atoms with van der Waals surface area (Å²) in [7, 11) is 7.34. The van der Waals surface area contributed by atoms with Crippen LogP contribution in [0.4, 0.5) is 0 Å². The number of esters is 6. The van der Waals surface area contributed by atoms with Gasteiger partial charge in [-0.15, -0.1) is 0 Å². The maximum atomic E-state index is 13.0. The number of ether oxygens (including phenoxy) is 6. The van der Waals surface area contributed by atoms with Gasteiger partial charge < -0.3 is 43.4 Å². The summed E-state index contributed by atoms with van der Waals surface area (Å²) >= 11 is 1.99. The van der Waals surface area contributed by atoms with Crippen molar-refractivity contribution in [1.29, 1.82) is 10.5 Å². The molecule has 18 nitrogen and oxygen atoms in total. The molecule has 3 rings (SSSR count). The molecule has 0 spiro atoms. The van der Waals surface area contributed by atoms with Crippen molar-refractivity contribution in [2.24, 2.45) is 5.41 Å². The molecule has 316 valence electrons. The van der Waals surface area contributed by atoms with E-state index in [2.05, 4.69) is 27.1 Å². The highest BCUT2D eigenvalue weighted by atomic mass is 127. The molecule has 0 aromatic carbocycles. The van der Waals surface area contributed by atoms with Crippen LogP contribution in [0, 0.1) is 31.8 Å². The van der Waals surface area contributed by atoms with Gasteiger partial charge in [0.15, 0.2) is 11.7 Å². The highest BCUT2D eigenvalue weighted by molar-refractivity contribution is 14.1. The summed E-state index contributed by atoms with van der Waals surface area (Å²) in [6.07, 6.45) is -0.793. The Labute approximate surface area is 353 Å². The molecular weight excluding hydrogens is 885 g/mol. The van der Waals surface area contributed by atoms with Crippen molar-refractivity contribution in [3.63, 3.8) is 0 Å². The maximum Gasteiger partial charge on any atom is 0.310 e. The lowest BCUT2D eigenvalue weighted by Gasteiger charge is -2.20. The SMILES string of the molecule is COC(=O)CCc1c(C=O)[nH]c(Cc2[nH]c(CC(C#N)(C#N)Cc3[nH]c(I)c(CC(=O)OC)c3CCC(=O)OC)c(CC(=O)OC)c2CCC(=O)OC)c1CC(=O)OC. The van der Waals surface area contributed by atoms with Crippen LogP contribution < -0.4 is 0 Å². The molecule has 0 saturated carbocycles. The van der Waals surface area contributed by atoms with Crippen LogP contribution in [0.1, 0.15) is 85.9 Å². The Hall–Kier alpha value is -5.96. The van der Waals surface area contributed by atoms with E-state index in [0.29, 0.717) is 66.1 Å². The molecule has 0 amide bonds. The summed E-state index contributed by atoms with van der Waals surface area (Å²) in [5.74, 6) is -3.44. The zero-order valence-corrected chi connectivity index (χ0v) is 35.8. The number of carbonyl (C=O) groups excluding carboxylic acids is 7. The summed E-state index contributed by atoms with van der Waals surface area (Å²) in [6, 6.07) is 4.30. The van der Waals surface area contributed by atoms with E-state index in [0.717, 1.165) is 0 Å². The number of nitriles is 2. The Balaban J connectivity index is 2.28. The molecule has 0 unspecified atom stereocenters. The highest BCUT2D eigenvalue weighted by Gasteiger charge is 2.37. The average molecular weight is 932 g/mol. The zero-order chi connectivity index (χ0) is 43.9. The molecule has 19 heteroatoms. The second-order valence-electron chi connectivity index (χ2n) is 13.3. The molecule has 0 fully saturated rings. The number of methoxy groups -OCH3 is 6. The van der Waals surface area contributed by atoms with Gasteiger partial charge in [0.25, 0.3) is 0 Å². The van der Waals surface area contributed by atoms with Crippen molar-refractivity contribution in [2.45, 2.75) is 77.0 Å². The number of aldehydes is 1. The van der Waals surface area contributed by atoms with Gasteiger partial charge in [0.1, 0.15) is 0 Å². The minimum Gasteiger partial charge on any atom is -0.469 e. The van der Waals surface area contributed by atoms with Gasteiger partial charge in [-0.1, -0.05) is 0 Å². The Kier molecular flexibility index (Phi) is 17.9. The van der Waals surface area contributed by atoms with Gasteiger partial charge in [-0.05, 0) is 75.2 Å². The molecule has 0 radical (unpaired) electrons. The van der Waals surface area contributed by atoms with Gasteiger partial charge in [0, 0.05) is 61.3 Å². The van der Waals surface area contributed by atoms with Crippen molar-refractivity contribution in [3.8, 4) is 12.1 Å². The molecule has 0 atom stereocenters. The van der Waals surface area contributed by atoms with Crippen LogP contribution in [0.5, 0.6) is 0 Å². The Morgan fingerprint density at radius 2 is 0.915 bits per heavy atom. The van der Waals surface area contributed by atoms with Crippen molar-refractivity contribution < 1.29 is 62.0 Å². The lowest BCUT2D eigenvalue weighted by atomic mass is 9.79. The first-order chi connectivity index (χ1) is 28.2. The molecule has 0 aliphatic heterocycles. The fourth-order valence-corrected chi connectivity index (χ4v) is 7.66. The van der Waals surface area contributed by atoms with E-state index in [4.69, 9.17) is 28.4 Å². The molecule has 0 aliphatic carbocycles. The summed E-state index contributed by atoms with van der Waals surface area (Å²) in [6.45, 7) is 0. The number of halogens is 1. The monoisotopic (exact) mass is 931 g/mol. The van der Waals surface area contributed by atoms with Crippen molar-refractivity contribution in [3.05, 3.63) is 65.6 Å². The van der Waals surface area contributed by atoms with Gasteiger partial charge in [-0.2, -0.15) is 10.5 Å². The van der Waals surface area contributed by atoms with Crippen LogP contribution in [0.15, 0.2) is 0 Å². The predicted octanol–water partition coefficient (Wildman–Crippen LogP) is 2.96. The molecule has 0 aliphatic rings. The minimum absolute atomic E-state index is 0.0309. The third kappa shape index (κ3) is 12.3. The average Bonchev–Trinajstić information content (AvgIpc) is 3.84. The zero-order valence-electron chi connectivity index (χ0n) is 33.6. The highest BCUT2D eigenvalue weighted by Crippen LogP contribution is 2.35. The van der Waals surface area contributed by atoms with E-state index in [1.54, 1.807) is 0 Å². The van der Waals surface area contributed by atoms with Crippen LogP contribution in [0.25, 0.3) is 0 Å². The predicted molar refractivity (Wildman–Crippen MR) is 213 cm³/mol. The quantitative estimate of drug-likeness (QED) is 0.0566. The Bertz CT molecular complexity index is 2140. The number of carbonyl (C=O) groups is 7. The van der Waals surface area contributed by atoms with Crippen molar-refractivity contribution >= 4 is 64.7 Å². The molecule has 0 bridgehead atoms. The van der Waals surface area contributed by atoms with Gasteiger partial charge in [-0.3, -0.25) is 33.6 Å². The fourth-order valence-electron chi connectivity index (χ4n) is 6.82. The Morgan fingerprint density at radius 1 is 0.542 bits per heavy atom. The van der Waals surface area contributed by atoms with Crippen molar-refractivity contribution in [1.82, 2.24) is 15.0 Å². The summed E-state index contributed by atoms with van der Waals surface area (Å²) in [5, 5.41) is 21.5. The summed E-state index contributed by atoms with van der Waals surface area (Å²) < 4.78 is 29.9. The lowest BCUT2D eigenvalue weighted by Crippen LogP contribution is -2.25. The van der Waals surface area contributed by atoms with Gasteiger partial charge in [0.05, 0.1) is 83.5 Å². The van der Waals surface area contributed by atoms with E-state index in [1.165, 1.54) is 42.7 Å². The maximum absolute atomic E-state index is 13.0. The fraction of sp³-hybridized carbons (Fsp3) is 0.475. The van der Waals surface area contributed by atoms with Crippen LogP contribution >= 0.6 is 22.6 Å². The smallest absolute Gasteiger partial charge is 0.310 e. The number of aromatic nitrogens is 3. The number of nitrogens with one attached hydrogen (secondary N) is 3. The molecule has 59 heavy (non-hydrogen) atoms. The Morgan fingerprint density at radius 3 is 1.34 bits per heavy atom. The van der Waals surface area contributed by atoms with Gasteiger partial charge >= 0.3 is 35.8 Å². The van der Waals surface area contributed by atoms with Gasteiger partial charge in [-0.25, -0.2) is 0 Å². The second-order valence-corrected chi connectivity index (χ2v) is 14.4. The molecule has 3 aromatic rings. The first kappa shape index (κ1) is 47.4. The largest absolute Gasteiger partial charge is 0.469 e. The van der Waals surface area contributed by atoms with Crippen LogP contribution in [0.3, 0.4) is 0 Å². The standard InChI is InChI=1S/C40H46IN5O13/c1-54-33(48)10-7-22-26(14-37(52)58-5)31(44-28(22)16-29-25(13-36(51)57-4)23(32(19-47)45-29)8-11-34(49)55-2)18-40(20-42,21-43)17-30-24(9-12-35(50)56-3)27(39(41)46-30)15-38(53)59-6/h19,44-46H,7-18H2,1-6H3. The van der Waals surface area contributed by atoms with Crippen LogP contribution in [-0.2, 0) is 115 Å². The van der Waals surface area contributed by atoms with Crippen LogP contribution in [-0.4, -0.2) is 99.7 Å². The van der Waals surface area contributed by atoms with Crippen molar-refractivity contribution in [2.75, 3.05) is 42.7 Å². The van der Waals surface area contributed by atoms with E-state index in [-0.39, 0.29) is 82.7 Å². The minimum atomic E-state index is -1.82. The number of hydrogen-bond donors (Lipinski definition) is 3. The number of aromatic amines is 3. The number of hydrogen-bond acceptors (Lipinski definition) is 15. The molecule has 3 N–H and O–H groups in total. The van der Waals surface area contributed by atoms with E-state index < -0.39 is 41.2 Å². The first-order valence-corrected chi connectivity index (χ1v) is 19.3. The van der Waals surface area contributed by atoms with E-state index in [1.807, 2.05) is 22.6 Å². The molecule has 3 aromatic heterocycles. The third-order valence-corrected chi connectivity index (χ3v) is 10.8.